The minimum atomic E-state index is -3.64. The van der Waals surface area contributed by atoms with Crippen molar-refractivity contribution in [1.82, 2.24) is 19.5 Å². The molecule has 0 aliphatic heterocycles. The molecule has 0 N–H and O–H groups in total. The van der Waals surface area contributed by atoms with Gasteiger partial charge >= 0.3 is 0 Å². The fraction of sp³-hybridized carbons (Fsp3) is 0.0714. The van der Waals surface area contributed by atoms with Crippen LogP contribution in [-0.4, -0.2) is 19.5 Å². The number of benzene rings is 6. The van der Waals surface area contributed by atoms with Gasteiger partial charge in [-0.25, -0.2) is 4.98 Å². The van der Waals surface area contributed by atoms with E-state index < -0.39 is 102 Å². The number of hydrogen-bond acceptors (Lipinski definition) is 3. The molecule has 6 aromatic carbocycles. The summed E-state index contributed by atoms with van der Waals surface area (Å²) in [6, 6.07) is 17.4. The lowest BCUT2D eigenvalue weighted by Crippen LogP contribution is -2.14. The molecule has 0 amide bonds. The van der Waals surface area contributed by atoms with E-state index in [1.54, 1.807) is 42.5 Å². The SMILES string of the molecule is [2H]c1c([2H])c([2H])c2c(c1[2H])-c1c(c([2H])c([2H])c3c4c([2H])c([2H])c([2H])c([2H])c4n(-c4nc(-c5ccccc5)nc(-c5ccc(-c6ccccc6)cc5)n4)c13)C2(C([2H])([2H])[2H])C([2H])([2H])[2H]. The molecule has 1 aliphatic carbocycles. The van der Waals surface area contributed by atoms with Crippen LogP contribution in [0.2, 0.25) is 0 Å². The van der Waals surface area contributed by atoms with E-state index in [1.807, 2.05) is 42.5 Å². The molecular weight excluding hydrogens is 560 g/mol. The summed E-state index contributed by atoms with van der Waals surface area (Å²) >= 11 is 0. The van der Waals surface area contributed by atoms with E-state index in [1.165, 1.54) is 0 Å². The van der Waals surface area contributed by atoms with Crippen molar-refractivity contribution in [2.45, 2.75) is 19.1 Å². The van der Waals surface area contributed by atoms with Crippen LogP contribution in [0.3, 0.4) is 0 Å². The molecule has 46 heavy (non-hydrogen) atoms. The molecule has 0 fully saturated rings. The van der Waals surface area contributed by atoms with E-state index in [0.717, 1.165) is 15.7 Å². The molecule has 0 saturated carbocycles. The highest BCUT2D eigenvalue weighted by molar-refractivity contribution is 6.15. The van der Waals surface area contributed by atoms with Crippen LogP contribution in [-0.2, 0) is 5.41 Å². The topological polar surface area (TPSA) is 43.6 Å². The quantitative estimate of drug-likeness (QED) is 0.200. The number of aromatic nitrogens is 4. The fourth-order valence-corrected chi connectivity index (χ4v) is 6.04. The largest absolute Gasteiger partial charge is 0.277 e. The van der Waals surface area contributed by atoms with E-state index in [0.29, 0.717) is 11.1 Å². The monoisotopic (exact) mass is 606 g/mol. The predicted octanol–water partition coefficient (Wildman–Crippen LogP) is 10.3. The molecular formula is C42H30N4. The molecule has 8 aromatic rings. The Morgan fingerprint density at radius 2 is 1.17 bits per heavy atom. The van der Waals surface area contributed by atoms with Crippen LogP contribution in [0.1, 0.15) is 46.8 Å². The number of para-hydroxylation sites is 1. The van der Waals surface area contributed by atoms with Gasteiger partial charge in [-0.2, -0.15) is 9.97 Å². The van der Waals surface area contributed by atoms with Gasteiger partial charge in [0.2, 0.25) is 5.95 Å². The van der Waals surface area contributed by atoms with Gasteiger partial charge in [0.1, 0.15) is 0 Å². The molecule has 0 saturated heterocycles. The number of rotatable bonds is 4. The van der Waals surface area contributed by atoms with E-state index >= 15 is 0 Å². The Hall–Kier alpha value is -5.87. The van der Waals surface area contributed by atoms with Gasteiger partial charge in [-0.3, -0.25) is 4.57 Å². The lowest BCUT2D eigenvalue weighted by atomic mass is 9.82. The van der Waals surface area contributed by atoms with Crippen LogP contribution in [0.25, 0.3) is 72.8 Å². The molecule has 0 bridgehead atoms. The first kappa shape index (κ1) is 14.9. The first-order valence-corrected chi connectivity index (χ1v) is 14.4. The van der Waals surface area contributed by atoms with Gasteiger partial charge in [0.05, 0.1) is 24.7 Å². The summed E-state index contributed by atoms with van der Waals surface area (Å²) in [6.45, 7) is -7.28. The van der Waals surface area contributed by atoms with Crippen molar-refractivity contribution in [3.63, 3.8) is 0 Å². The summed E-state index contributed by atoms with van der Waals surface area (Å²) in [4.78, 5) is 14.4. The third-order valence-corrected chi connectivity index (χ3v) is 8.19. The molecule has 0 spiro atoms. The van der Waals surface area contributed by atoms with Crippen LogP contribution in [0, 0.1) is 0 Å². The second-order valence-corrected chi connectivity index (χ2v) is 10.9. The summed E-state index contributed by atoms with van der Waals surface area (Å²) in [5.74, 6) is -0.172. The molecule has 0 unspecified atom stereocenters. The van der Waals surface area contributed by atoms with Crippen molar-refractivity contribution in [2.24, 2.45) is 0 Å². The second kappa shape index (κ2) is 10.1. The Bertz CT molecular complexity index is 3180. The van der Waals surface area contributed by atoms with Crippen molar-refractivity contribution in [1.29, 1.82) is 0 Å². The Kier molecular flexibility index (Phi) is 3.27. The lowest BCUT2D eigenvalue weighted by Gasteiger charge is -2.21. The molecule has 4 nitrogen and oxygen atoms in total. The maximum Gasteiger partial charge on any atom is 0.238 e. The molecule has 9 rings (SSSR count). The van der Waals surface area contributed by atoms with Crippen molar-refractivity contribution >= 4 is 21.8 Å². The molecule has 1 aliphatic rings. The first-order chi connectivity index (χ1) is 29.2. The summed E-state index contributed by atoms with van der Waals surface area (Å²) in [6.07, 6.45) is 0. The molecule has 0 atom stereocenters. The Labute approximate surface area is 290 Å². The predicted molar refractivity (Wildman–Crippen MR) is 188 cm³/mol. The first-order valence-electron chi connectivity index (χ1n) is 22.4. The fourth-order valence-electron chi connectivity index (χ4n) is 6.04. The maximum atomic E-state index is 9.49. The molecule has 2 heterocycles. The minimum absolute atomic E-state index is 0.0748. The van der Waals surface area contributed by atoms with Gasteiger partial charge in [-0.05, 0) is 33.9 Å². The average molecular weight is 607 g/mol. The molecule has 0 radical (unpaired) electrons. The van der Waals surface area contributed by atoms with Crippen LogP contribution in [0.4, 0.5) is 0 Å². The van der Waals surface area contributed by atoms with Crippen molar-refractivity contribution in [2.75, 3.05) is 0 Å². The number of hydrogen-bond donors (Lipinski definition) is 0. The van der Waals surface area contributed by atoms with E-state index in [4.69, 9.17) is 31.4 Å². The third-order valence-electron chi connectivity index (χ3n) is 8.19. The zero-order chi connectivity index (χ0) is 44.5. The zero-order valence-corrected chi connectivity index (χ0v) is 23.9. The second-order valence-electron chi connectivity index (χ2n) is 10.9. The number of nitrogens with zero attached hydrogens (tertiary/aromatic N) is 4. The van der Waals surface area contributed by atoms with Gasteiger partial charge < -0.3 is 0 Å². The van der Waals surface area contributed by atoms with E-state index in [2.05, 4.69) is 0 Å². The summed E-state index contributed by atoms with van der Waals surface area (Å²) in [7, 11) is 0. The minimum Gasteiger partial charge on any atom is -0.277 e. The van der Waals surface area contributed by atoms with Crippen LogP contribution in [0.5, 0.6) is 0 Å². The maximum absolute atomic E-state index is 9.49. The smallest absolute Gasteiger partial charge is 0.238 e. The van der Waals surface area contributed by atoms with Crippen LogP contribution < -0.4 is 0 Å². The van der Waals surface area contributed by atoms with Gasteiger partial charge in [0, 0.05) is 41.1 Å². The number of fused-ring (bicyclic) bond motifs is 7. The standard InChI is InChI=1S/C42H30N4/c1-42(2)34-19-11-9-18-33(34)37-35(42)26-25-32-31-17-10-12-20-36(31)46(38(32)37)41-44-39(29-15-7-4-8-16-29)43-40(45-41)30-23-21-28(22-24-30)27-13-5-3-6-14-27/h3-26H,1-2H3/i1D3,2D3,9D,10D,11D,12D,17D,18D,19D,20D,25D,26D. The molecule has 2 aromatic heterocycles. The Morgan fingerprint density at radius 3 is 1.91 bits per heavy atom. The van der Waals surface area contributed by atoms with E-state index in [9.17, 15) is 5.48 Å². The molecule has 4 heteroatoms. The Balaban J connectivity index is 1.53. The van der Waals surface area contributed by atoms with Crippen molar-refractivity contribution in [3.05, 3.63) is 156 Å². The summed E-state index contributed by atoms with van der Waals surface area (Å²) in [5.41, 5.74) is -3.92. The Morgan fingerprint density at radius 1 is 0.565 bits per heavy atom. The zero-order valence-electron chi connectivity index (χ0n) is 39.9. The van der Waals surface area contributed by atoms with Crippen molar-refractivity contribution in [3.8, 4) is 51.0 Å². The highest BCUT2D eigenvalue weighted by atomic mass is 15.2. The van der Waals surface area contributed by atoms with Crippen LogP contribution in [0.15, 0.2) is 145 Å². The summed E-state index contributed by atoms with van der Waals surface area (Å²) < 4.78 is 145. The van der Waals surface area contributed by atoms with Gasteiger partial charge in [-0.1, -0.05) is 153 Å². The van der Waals surface area contributed by atoms with E-state index in [-0.39, 0.29) is 39.4 Å². The van der Waals surface area contributed by atoms with Gasteiger partial charge in [0.25, 0.3) is 0 Å². The highest BCUT2D eigenvalue weighted by Gasteiger charge is 2.37. The normalized spacial score (nSPS) is 18.7. The van der Waals surface area contributed by atoms with Crippen molar-refractivity contribution < 1.29 is 21.9 Å². The summed E-state index contributed by atoms with van der Waals surface area (Å²) in [5, 5.41) is -0.665. The highest BCUT2D eigenvalue weighted by Crippen LogP contribution is 2.52. The molecule has 218 valence electrons. The van der Waals surface area contributed by atoms with Crippen LogP contribution >= 0.6 is 0 Å². The van der Waals surface area contributed by atoms with Gasteiger partial charge in [-0.15, -0.1) is 0 Å². The van der Waals surface area contributed by atoms with Gasteiger partial charge in [0.15, 0.2) is 11.6 Å². The lowest BCUT2D eigenvalue weighted by molar-refractivity contribution is 0.660. The average Bonchev–Trinajstić information content (AvgIpc) is 3.79. The third kappa shape index (κ3) is 3.97.